The highest BCUT2D eigenvalue weighted by atomic mass is 16.5. The van der Waals surface area contributed by atoms with Gasteiger partial charge in [0, 0.05) is 31.0 Å². The number of nitrogens with one attached hydrogen (secondary N) is 1. The van der Waals surface area contributed by atoms with Gasteiger partial charge >= 0.3 is 6.03 Å². The summed E-state index contributed by atoms with van der Waals surface area (Å²) in [7, 11) is 0. The third kappa shape index (κ3) is 3.36. The number of fused-ring (bicyclic) bond motifs is 3. The monoisotopic (exact) mass is 499 g/mol. The van der Waals surface area contributed by atoms with Crippen molar-refractivity contribution in [3.8, 4) is 5.75 Å². The Labute approximate surface area is 204 Å². The van der Waals surface area contributed by atoms with Gasteiger partial charge in [0.05, 0.1) is 24.5 Å². The number of aromatic hydroxyl groups is 1. The Bertz CT molecular complexity index is 1280. The normalized spacial score (nSPS) is 27.9. The van der Waals surface area contributed by atoms with Gasteiger partial charge in [-0.25, -0.2) is 4.79 Å². The number of hydrogen-bond acceptors (Lipinski definition) is 9. The lowest BCUT2D eigenvalue weighted by Crippen LogP contribution is -2.57. The second-order valence-corrected chi connectivity index (χ2v) is 9.44. The Balaban J connectivity index is 1.53. The highest BCUT2D eigenvalue weighted by Gasteiger charge is 2.59. The van der Waals surface area contributed by atoms with Gasteiger partial charge in [0.1, 0.15) is 17.1 Å². The van der Waals surface area contributed by atoms with Gasteiger partial charge in [-0.3, -0.25) is 14.4 Å². The van der Waals surface area contributed by atoms with Crippen molar-refractivity contribution in [1.29, 1.82) is 0 Å². The molecule has 1 heterocycles. The van der Waals surface area contributed by atoms with E-state index in [1.807, 2.05) is 0 Å². The molecular formula is C24H25N3O9. The van der Waals surface area contributed by atoms with Gasteiger partial charge in [-0.05, 0) is 30.4 Å². The first-order valence-electron chi connectivity index (χ1n) is 11.5. The van der Waals surface area contributed by atoms with Gasteiger partial charge < -0.3 is 41.1 Å². The molecule has 1 saturated heterocycles. The lowest BCUT2D eigenvalue weighted by molar-refractivity contribution is -0.144. The largest absolute Gasteiger partial charge is 0.511 e. The number of rotatable bonds is 2. The molecule has 0 radical (unpaired) electrons. The number of ketones is 2. The summed E-state index contributed by atoms with van der Waals surface area (Å²) >= 11 is 0. The van der Waals surface area contributed by atoms with E-state index >= 15 is 0 Å². The molecule has 36 heavy (non-hydrogen) atoms. The minimum Gasteiger partial charge on any atom is -0.511 e. The van der Waals surface area contributed by atoms with E-state index in [1.165, 1.54) is 11.0 Å². The van der Waals surface area contributed by atoms with Crippen molar-refractivity contribution in [3.05, 3.63) is 45.9 Å². The third-order valence-electron chi connectivity index (χ3n) is 7.47. The zero-order chi connectivity index (χ0) is 25.9. The van der Waals surface area contributed by atoms with Crippen LogP contribution in [0.3, 0.4) is 0 Å². The topological polar surface area (TPSA) is 200 Å². The van der Waals surface area contributed by atoms with E-state index in [-0.39, 0.29) is 36.1 Å². The van der Waals surface area contributed by atoms with Crippen LogP contribution in [0.5, 0.6) is 5.75 Å². The maximum absolute atomic E-state index is 13.5. The third-order valence-corrected chi connectivity index (χ3v) is 7.47. The molecule has 0 bridgehead atoms. The van der Waals surface area contributed by atoms with Gasteiger partial charge in [0.15, 0.2) is 17.1 Å². The summed E-state index contributed by atoms with van der Waals surface area (Å²) in [5.41, 5.74) is 1.79. The van der Waals surface area contributed by atoms with Crippen LogP contribution in [-0.2, 0) is 20.7 Å². The molecule has 1 unspecified atom stereocenters. The standard InChI is InChI=1S/C24H25N3O9/c25-22(33)17-14(28)9-12-8-11-7-10-1-2-13(26-23(34)27-3-5-36-6-4-27)18(29)15(10)19(30)16(11)20(31)24(12,35)21(17)32/h1-2,11-12,28-29,31,35H,3-9H2,(H2,25,33)(H,26,34)/t11?,12-,24-/m0/s1. The zero-order valence-electron chi connectivity index (χ0n) is 19.1. The average Bonchev–Trinajstić information content (AvgIpc) is 2.83. The summed E-state index contributed by atoms with van der Waals surface area (Å²) in [6.07, 6.45) is -0.0357. The molecule has 190 valence electrons. The number of hydrogen-bond donors (Lipinski definition) is 6. The quantitative estimate of drug-likeness (QED) is 0.247. The van der Waals surface area contributed by atoms with Gasteiger partial charge in [-0.2, -0.15) is 0 Å². The number of phenols is 1. The van der Waals surface area contributed by atoms with Crippen molar-refractivity contribution in [3.63, 3.8) is 0 Å². The maximum atomic E-state index is 13.5. The number of aliphatic hydroxyl groups excluding tert-OH is 2. The van der Waals surface area contributed by atoms with Crippen molar-refractivity contribution in [1.82, 2.24) is 4.90 Å². The maximum Gasteiger partial charge on any atom is 0.322 e. The fraction of sp³-hybridized carbons (Fsp3) is 0.417. The zero-order valence-corrected chi connectivity index (χ0v) is 19.1. The van der Waals surface area contributed by atoms with E-state index in [4.69, 9.17) is 10.5 Å². The highest BCUT2D eigenvalue weighted by molar-refractivity contribution is 6.24. The van der Waals surface area contributed by atoms with E-state index in [0.717, 1.165) is 0 Å². The Morgan fingerprint density at radius 3 is 2.47 bits per heavy atom. The minimum atomic E-state index is -2.62. The number of phenolic OH excluding ortho intramolecular Hbond substituents is 1. The first-order chi connectivity index (χ1) is 17.1. The molecule has 0 saturated carbocycles. The number of anilines is 1. The van der Waals surface area contributed by atoms with Crippen LogP contribution in [-0.4, -0.2) is 80.7 Å². The summed E-state index contributed by atoms with van der Waals surface area (Å²) in [6.45, 7) is 1.49. The summed E-state index contributed by atoms with van der Waals surface area (Å²) in [6, 6.07) is 2.58. The lowest BCUT2D eigenvalue weighted by atomic mass is 9.60. The van der Waals surface area contributed by atoms with Gasteiger partial charge in [0.25, 0.3) is 5.91 Å². The first-order valence-corrected chi connectivity index (χ1v) is 11.5. The fourth-order valence-electron chi connectivity index (χ4n) is 5.66. The second-order valence-electron chi connectivity index (χ2n) is 9.44. The molecule has 1 aromatic rings. The van der Waals surface area contributed by atoms with E-state index < -0.39 is 63.8 Å². The Kier molecular flexibility index (Phi) is 5.52. The second kappa shape index (κ2) is 8.35. The number of morpholine rings is 1. The Hall–Kier alpha value is -3.90. The molecule has 3 amide bonds. The molecule has 1 aliphatic heterocycles. The van der Waals surface area contributed by atoms with Crippen LogP contribution in [0.4, 0.5) is 10.5 Å². The molecule has 0 aromatic heterocycles. The van der Waals surface area contributed by atoms with Gasteiger partial charge in [-0.15, -0.1) is 0 Å². The van der Waals surface area contributed by atoms with Crippen LogP contribution in [0, 0.1) is 11.8 Å². The van der Waals surface area contributed by atoms with Crippen LogP contribution in [0.25, 0.3) is 0 Å². The molecular weight excluding hydrogens is 474 g/mol. The number of aliphatic hydroxyl groups is 3. The summed E-state index contributed by atoms with van der Waals surface area (Å²) < 4.78 is 5.22. The van der Waals surface area contributed by atoms with E-state index in [9.17, 15) is 39.6 Å². The number of amides is 3. The number of primary amides is 1. The molecule has 12 heteroatoms. The Morgan fingerprint density at radius 2 is 1.81 bits per heavy atom. The number of ether oxygens (including phenoxy) is 1. The van der Waals surface area contributed by atoms with Crippen LogP contribution in [0.1, 0.15) is 28.8 Å². The minimum absolute atomic E-state index is 0.0119. The number of urea groups is 1. The van der Waals surface area contributed by atoms with E-state index in [0.29, 0.717) is 31.9 Å². The van der Waals surface area contributed by atoms with Crippen molar-refractivity contribution >= 4 is 29.2 Å². The molecule has 3 aliphatic carbocycles. The van der Waals surface area contributed by atoms with Gasteiger partial charge in [0.2, 0.25) is 5.78 Å². The van der Waals surface area contributed by atoms with Crippen LogP contribution >= 0.6 is 0 Å². The smallest absolute Gasteiger partial charge is 0.322 e. The number of allylic oxidation sites excluding steroid dienone is 2. The highest BCUT2D eigenvalue weighted by Crippen LogP contribution is 2.51. The molecule has 7 N–H and O–H groups in total. The van der Waals surface area contributed by atoms with Crippen molar-refractivity contribution in [2.24, 2.45) is 17.6 Å². The van der Waals surface area contributed by atoms with Crippen molar-refractivity contribution in [2.75, 3.05) is 31.6 Å². The number of carbonyl (C=O) groups excluding carboxylic acids is 4. The number of Topliss-reactive ketones (excluding diaryl/α,β-unsaturated/α-hetero) is 2. The fourth-order valence-corrected chi connectivity index (χ4v) is 5.66. The van der Waals surface area contributed by atoms with Crippen LogP contribution in [0.2, 0.25) is 0 Å². The predicted octanol–water partition coefficient (Wildman–Crippen LogP) is 0.445. The number of carbonyl (C=O) groups is 4. The molecule has 1 fully saturated rings. The average molecular weight is 499 g/mol. The van der Waals surface area contributed by atoms with Crippen molar-refractivity contribution in [2.45, 2.75) is 24.9 Å². The molecule has 5 rings (SSSR count). The lowest BCUT2D eigenvalue weighted by Gasteiger charge is -2.45. The SMILES string of the molecule is NC(=O)C1=C(O)C[C@@H]2CC3Cc4ccc(NC(=O)N5CCOCC5)c(O)c4C(=O)C3=C(O)[C@]2(O)C1=O. The molecule has 4 aliphatic rings. The molecule has 12 nitrogen and oxygen atoms in total. The van der Waals surface area contributed by atoms with E-state index in [2.05, 4.69) is 5.32 Å². The first kappa shape index (κ1) is 23.8. The number of nitrogens with zero attached hydrogens (tertiary/aromatic N) is 1. The molecule has 1 aromatic carbocycles. The van der Waals surface area contributed by atoms with Crippen LogP contribution < -0.4 is 11.1 Å². The summed E-state index contributed by atoms with van der Waals surface area (Å²) in [5, 5.41) is 46.0. The van der Waals surface area contributed by atoms with E-state index in [1.54, 1.807) is 6.07 Å². The van der Waals surface area contributed by atoms with Crippen molar-refractivity contribution < 1.29 is 44.3 Å². The van der Waals surface area contributed by atoms with Gasteiger partial charge in [-0.1, -0.05) is 6.07 Å². The predicted molar refractivity (Wildman–Crippen MR) is 122 cm³/mol. The molecule has 3 atom stereocenters. The van der Waals surface area contributed by atoms with Crippen LogP contribution in [0.15, 0.2) is 34.8 Å². The number of benzene rings is 1. The molecule has 0 spiro atoms. The Morgan fingerprint density at radius 1 is 1.11 bits per heavy atom. The summed E-state index contributed by atoms with van der Waals surface area (Å²) in [4.78, 5) is 52.3. The summed E-state index contributed by atoms with van der Waals surface area (Å²) in [5.74, 6) is -6.94. The number of nitrogens with two attached hydrogens (primary N) is 1.